The zero-order valence-electron chi connectivity index (χ0n) is 10.3. The number of nitrogens with two attached hydrogens (primary N) is 1. The molecule has 0 radical (unpaired) electrons. The molecule has 0 unspecified atom stereocenters. The van der Waals surface area contributed by atoms with E-state index in [1.807, 2.05) is 0 Å². The lowest BCUT2D eigenvalue weighted by Gasteiger charge is -2.11. The Kier molecular flexibility index (Phi) is 2.85. The molecule has 1 amide bonds. The maximum atomic E-state index is 13.6. The third kappa shape index (κ3) is 1.89. The van der Waals surface area contributed by atoms with Gasteiger partial charge in [-0.15, -0.1) is 0 Å². The molecule has 0 spiro atoms. The van der Waals surface area contributed by atoms with Gasteiger partial charge in [0.05, 0.1) is 17.2 Å². The van der Waals surface area contributed by atoms with Crippen LogP contribution in [0, 0.1) is 11.6 Å². The highest BCUT2D eigenvalue weighted by molar-refractivity contribution is 5.94. The van der Waals surface area contributed by atoms with Gasteiger partial charge in [-0.1, -0.05) is 0 Å². The van der Waals surface area contributed by atoms with Crippen LogP contribution in [0.4, 0.5) is 8.78 Å². The molecule has 0 saturated heterocycles. The maximum Gasteiger partial charge on any atom is 0.250 e. The lowest BCUT2D eigenvalue weighted by atomic mass is 9.93. The Balaban J connectivity index is 2.15. The normalized spacial score (nSPS) is 16.6. The second-order valence-corrected chi connectivity index (χ2v) is 4.47. The number of halogens is 2. The largest absolute Gasteiger partial charge is 0.489 e. The molecule has 2 heterocycles. The van der Waals surface area contributed by atoms with Gasteiger partial charge in [0.2, 0.25) is 0 Å². The number of ether oxygens (including phenoxy) is 1. The summed E-state index contributed by atoms with van der Waals surface area (Å²) in [4.78, 5) is 15.5. The first-order chi connectivity index (χ1) is 9.58. The molecule has 20 heavy (non-hydrogen) atoms. The quantitative estimate of drug-likeness (QED) is 0.912. The molecule has 1 atom stereocenters. The highest BCUT2D eigenvalue weighted by atomic mass is 19.1. The third-order valence-electron chi connectivity index (χ3n) is 3.24. The summed E-state index contributed by atoms with van der Waals surface area (Å²) in [5.74, 6) is -2.62. The van der Waals surface area contributed by atoms with Crippen molar-refractivity contribution in [2.75, 3.05) is 6.61 Å². The second-order valence-electron chi connectivity index (χ2n) is 4.47. The van der Waals surface area contributed by atoms with Gasteiger partial charge in [0.1, 0.15) is 12.4 Å². The summed E-state index contributed by atoms with van der Waals surface area (Å²) in [6.45, 7) is 0.0903. The average molecular weight is 276 g/mol. The summed E-state index contributed by atoms with van der Waals surface area (Å²) in [5.41, 5.74) is 6.22. The topological polar surface area (TPSA) is 65.2 Å². The minimum Gasteiger partial charge on any atom is -0.489 e. The number of carbonyl (C=O) groups excluding carboxylic acids is 1. The third-order valence-corrected chi connectivity index (χ3v) is 3.24. The van der Waals surface area contributed by atoms with Crippen LogP contribution < -0.4 is 10.5 Å². The summed E-state index contributed by atoms with van der Waals surface area (Å²) in [5, 5.41) is 0. The lowest BCUT2D eigenvalue weighted by molar-refractivity contribution is 0.0998. The molecule has 4 nitrogen and oxygen atoms in total. The fourth-order valence-corrected chi connectivity index (χ4v) is 2.38. The summed E-state index contributed by atoms with van der Waals surface area (Å²) in [7, 11) is 0. The van der Waals surface area contributed by atoms with Crippen molar-refractivity contribution in [3.05, 3.63) is 58.9 Å². The fourth-order valence-electron chi connectivity index (χ4n) is 2.38. The second kappa shape index (κ2) is 4.56. The predicted molar refractivity (Wildman–Crippen MR) is 66.5 cm³/mol. The smallest absolute Gasteiger partial charge is 0.250 e. The zero-order valence-corrected chi connectivity index (χ0v) is 10.3. The van der Waals surface area contributed by atoms with Crippen LogP contribution in [0.2, 0.25) is 0 Å². The fraction of sp³-hybridized carbons (Fsp3) is 0.143. The molecule has 1 aromatic carbocycles. The van der Waals surface area contributed by atoms with Crippen LogP contribution >= 0.6 is 0 Å². The maximum absolute atomic E-state index is 13.6. The lowest BCUT2D eigenvalue weighted by Crippen LogP contribution is -2.18. The molecule has 2 N–H and O–H groups in total. The molecular formula is C14H10F2N2O2. The Hall–Kier alpha value is -2.50. The first kappa shape index (κ1) is 12.5. The standard InChI is InChI=1S/C14H10F2N2O2/c15-7-4-9-10(6-20-13(9)11(16)5-7)12-8(14(17)19)2-1-3-18-12/h1-5,10H,6H2,(H2,17,19)/t10-/m0/s1. The van der Waals surface area contributed by atoms with Gasteiger partial charge in [0, 0.05) is 17.8 Å². The number of hydrogen-bond donors (Lipinski definition) is 1. The Labute approximate surface area is 113 Å². The highest BCUT2D eigenvalue weighted by Gasteiger charge is 2.32. The average Bonchev–Trinajstić information content (AvgIpc) is 2.82. The van der Waals surface area contributed by atoms with E-state index in [0.29, 0.717) is 11.3 Å². The monoisotopic (exact) mass is 276 g/mol. The van der Waals surface area contributed by atoms with E-state index in [0.717, 1.165) is 6.07 Å². The molecular weight excluding hydrogens is 266 g/mol. The van der Waals surface area contributed by atoms with Gasteiger partial charge in [-0.3, -0.25) is 9.78 Å². The molecule has 1 aliphatic rings. The van der Waals surface area contributed by atoms with Crippen LogP contribution in [0.3, 0.4) is 0 Å². The molecule has 3 rings (SSSR count). The molecule has 0 bridgehead atoms. The van der Waals surface area contributed by atoms with Crippen LogP contribution in [0.1, 0.15) is 27.5 Å². The van der Waals surface area contributed by atoms with E-state index in [-0.39, 0.29) is 17.9 Å². The van der Waals surface area contributed by atoms with Crippen molar-refractivity contribution in [1.29, 1.82) is 0 Å². The first-order valence-electron chi connectivity index (χ1n) is 5.94. The Morgan fingerprint density at radius 3 is 2.95 bits per heavy atom. The Morgan fingerprint density at radius 2 is 2.20 bits per heavy atom. The Bertz CT molecular complexity index is 704. The van der Waals surface area contributed by atoms with Gasteiger partial charge < -0.3 is 10.5 Å². The van der Waals surface area contributed by atoms with Gasteiger partial charge >= 0.3 is 0 Å². The molecule has 0 saturated carbocycles. The summed E-state index contributed by atoms with van der Waals surface area (Å²) < 4.78 is 32.2. The van der Waals surface area contributed by atoms with Crippen molar-refractivity contribution in [2.45, 2.75) is 5.92 Å². The van der Waals surface area contributed by atoms with Crippen molar-refractivity contribution in [3.63, 3.8) is 0 Å². The molecule has 0 fully saturated rings. The number of pyridine rings is 1. The first-order valence-corrected chi connectivity index (χ1v) is 5.94. The predicted octanol–water partition coefficient (Wildman–Crippen LogP) is 1.98. The number of fused-ring (bicyclic) bond motifs is 1. The number of benzene rings is 1. The van der Waals surface area contributed by atoms with Crippen LogP contribution in [0.5, 0.6) is 5.75 Å². The van der Waals surface area contributed by atoms with Crippen LogP contribution in [-0.4, -0.2) is 17.5 Å². The van der Waals surface area contributed by atoms with Gasteiger partial charge in [-0.05, 0) is 18.2 Å². The van der Waals surface area contributed by atoms with E-state index in [1.165, 1.54) is 18.3 Å². The van der Waals surface area contributed by atoms with Crippen LogP contribution in [0.15, 0.2) is 30.5 Å². The number of primary amides is 1. The number of amides is 1. The van der Waals surface area contributed by atoms with Gasteiger partial charge in [0.25, 0.3) is 5.91 Å². The molecule has 0 aliphatic carbocycles. The summed E-state index contributed by atoms with van der Waals surface area (Å²) in [6.07, 6.45) is 1.50. The minimum atomic E-state index is -0.765. The van der Waals surface area contributed by atoms with E-state index < -0.39 is 23.5 Å². The van der Waals surface area contributed by atoms with Crippen LogP contribution in [-0.2, 0) is 0 Å². The SMILES string of the molecule is NC(=O)c1cccnc1[C@H]1COc2c(F)cc(F)cc21. The summed E-state index contributed by atoms with van der Waals surface area (Å²) >= 11 is 0. The number of hydrogen-bond acceptors (Lipinski definition) is 3. The van der Waals surface area contributed by atoms with E-state index in [4.69, 9.17) is 10.5 Å². The Morgan fingerprint density at radius 1 is 1.40 bits per heavy atom. The molecule has 1 aliphatic heterocycles. The van der Waals surface area contributed by atoms with E-state index in [2.05, 4.69) is 4.98 Å². The number of nitrogens with zero attached hydrogens (tertiary/aromatic N) is 1. The molecule has 6 heteroatoms. The highest BCUT2D eigenvalue weighted by Crippen LogP contribution is 2.40. The van der Waals surface area contributed by atoms with E-state index >= 15 is 0 Å². The molecule has 102 valence electrons. The van der Waals surface area contributed by atoms with Crippen molar-refractivity contribution in [2.24, 2.45) is 5.73 Å². The number of rotatable bonds is 2. The summed E-state index contributed by atoms with van der Waals surface area (Å²) in [6, 6.07) is 5.05. The van der Waals surface area contributed by atoms with Crippen molar-refractivity contribution in [3.8, 4) is 5.75 Å². The number of aromatic nitrogens is 1. The molecule has 1 aromatic heterocycles. The van der Waals surface area contributed by atoms with Crippen molar-refractivity contribution < 1.29 is 18.3 Å². The minimum absolute atomic E-state index is 0.00234. The van der Waals surface area contributed by atoms with Gasteiger partial charge in [-0.2, -0.15) is 0 Å². The van der Waals surface area contributed by atoms with Crippen molar-refractivity contribution >= 4 is 5.91 Å². The zero-order chi connectivity index (χ0) is 14.3. The van der Waals surface area contributed by atoms with Crippen molar-refractivity contribution in [1.82, 2.24) is 4.98 Å². The molecule has 2 aromatic rings. The van der Waals surface area contributed by atoms with Gasteiger partial charge in [0.15, 0.2) is 11.6 Å². The van der Waals surface area contributed by atoms with Gasteiger partial charge in [-0.25, -0.2) is 8.78 Å². The number of carbonyl (C=O) groups is 1. The van der Waals surface area contributed by atoms with Crippen LogP contribution in [0.25, 0.3) is 0 Å². The van der Waals surface area contributed by atoms with E-state index in [1.54, 1.807) is 6.07 Å². The van der Waals surface area contributed by atoms with E-state index in [9.17, 15) is 13.6 Å².